The van der Waals surface area contributed by atoms with Gasteiger partial charge in [-0.25, -0.2) is 8.78 Å². The Bertz CT molecular complexity index is 1400. The molecule has 0 saturated carbocycles. The van der Waals surface area contributed by atoms with Gasteiger partial charge in [0.15, 0.2) is 0 Å². The van der Waals surface area contributed by atoms with Crippen LogP contribution in [0.2, 0.25) is 0 Å². The number of amides is 1. The van der Waals surface area contributed by atoms with Crippen LogP contribution in [-0.4, -0.2) is 18.2 Å². The topological polar surface area (TPSA) is 67.5 Å². The van der Waals surface area contributed by atoms with Gasteiger partial charge >= 0.3 is 0 Å². The summed E-state index contributed by atoms with van der Waals surface area (Å²) in [6.07, 6.45) is 3.25. The summed E-state index contributed by atoms with van der Waals surface area (Å²) in [5.41, 5.74) is 12.4. The predicted octanol–water partition coefficient (Wildman–Crippen LogP) is 6.95. The number of halogens is 2. The lowest BCUT2D eigenvalue weighted by Gasteiger charge is -2.12. The van der Waals surface area contributed by atoms with Crippen molar-refractivity contribution in [1.82, 2.24) is 0 Å². The first kappa shape index (κ1) is 24.1. The van der Waals surface area contributed by atoms with Crippen molar-refractivity contribution >= 4 is 28.6 Å². The molecule has 0 saturated heterocycles. The van der Waals surface area contributed by atoms with Crippen LogP contribution in [0, 0.1) is 18.6 Å². The molecule has 2 aliphatic heterocycles. The molecule has 0 fully saturated rings. The van der Waals surface area contributed by atoms with Gasteiger partial charge < -0.3 is 11.1 Å². The van der Waals surface area contributed by atoms with Gasteiger partial charge in [0.1, 0.15) is 11.6 Å². The van der Waals surface area contributed by atoms with Crippen molar-refractivity contribution in [2.75, 3.05) is 17.6 Å². The van der Waals surface area contributed by atoms with Gasteiger partial charge in [-0.15, -0.1) is 0 Å². The van der Waals surface area contributed by atoms with Gasteiger partial charge in [0, 0.05) is 28.1 Å². The highest BCUT2D eigenvalue weighted by molar-refractivity contribution is 6.31. The summed E-state index contributed by atoms with van der Waals surface area (Å²) in [5.74, 6) is -2.06. The second kappa shape index (κ2) is 9.66. The molecular formula is C29H27F2N3O. The third-order valence-electron chi connectivity index (χ3n) is 6.16. The maximum Gasteiger partial charge on any atom is 0.255 e. The highest BCUT2D eigenvalue weighted by atomic mass is 19.1. The molecule has 3 aromatic carbocycles. The van der Waals surface area contributed by atoms with E-state index >= 15 is 0 Å². The fourth-order valence-electron chi connectivity index (χ4n) is 4.15. The van der Waals surface area contributed by atoms with Gasteiger partial charge in [-0.1, -0.05) is 61.5 Å². The van der Waals surface area contributed by atoms with Gasteiger partial charge in [-0.2, -0.15) is 0 Å². The van der Waals surface area contributed by atoms with E-state index in [1.165, 1.54) is 11.3 Å². The van der Waals surface area contributed by atoms with Crippen LogP contribution >= 0.6 is 0 Å². The minimum absolute atomic E-state index is 0.00657. The van der Waals surface area contributed by atoms with Crippen molar-refractivity contribution in [2.45, 2.75) is 27.2 Å². The molecule has 0 unspecified atom stereocenters. The number of anilines is 2. The number of aliphatic imine (C=N–C) groups is 1. The van der Waals surface area contributed by atoms with Crippen molar-refractivity contribution in [3.63, 3.8) is 0 Å². The molecule has 35 heavy (non-hydrogen) atoms. The number of nitrogens with zero attached hydrogens (tertiary/aromatic N) is 1. The summed E-state index contributed by atoms with van der Waals surface area (Å²) in [5, 5.41) is 2.42. The van der Waals surface area contributed by atoms with Gasteiger partial charge in [0.2, 0.25) is 0 Å². The van der Waals surface area contributed by atoms with Crippen LogP contribution in [-0.2, 0) is 4.79 Å². The highest BCUT2D eigenvalue weighted by Crippen LogP contribution is 2.40. The molecular weight excluding hydrogens is 444 g/mol. The fraction of sp³-hybridized carbons (Fsp3) is 0.172. The molecule has 0 aromatic heterocycles. The summed E-state index contributed by atoms with van der Waals surface area (Å²) in [6, 6.07) is 13.7. The molecule has 0 atom stereocenters. The van der Waals surface area contributed by atoms with Crippen LogP contribution in [0.15, 0.2) is 71.8 Å². The smallest absolute Gasteiger partial charge is 0.255 e. The van der Waals surface area contributed by atoms with Crippen molar-refractivity contribution < 1.29 is 13.6 Å². The van der Waals surface area contributed by atoms with Crippen molar-refractivity contribution in [1.29, 1.82) is 0 Å². The molecule has 0 bridgehead atoms. The molecule has 0 spiro atoms. The molecule has 0 aliphatic carbocycles. The molecule has 3 N–H and O–H groups in total. The Morgan fingerprint density at radius 3 is 2.34 bits per heavy atom. The lowest BCUT2D eigenvalue weighted by molar-refractivity contribution is -0.110. The van der Waals surface area contributed by atoms with Crippen LogP contribution in [0.5, 0.6) is 0 Å². The lowest BCUT2D eigenvalue weighted by atomic mass is 9.95. The van der Waals surface area contributed by atoms with E-state index in [9.17, 15) is 13.6 Å². The first-order valence-corrected chi connectivity index (χ1v) is 11.4. The van der Waals surface area contributed by atoms with Crippen LogP contribution in [0.1, 0.15) is 31.4 Å². The molecule has 2 aliphatic rings. The minimum atomic E-state index is -0.795. The van der Waals surface area contributed by atoms with Gasteiger partial charge in [0.05, 0.1) is 17.8 Å². The Balaban J connectivity index is 0.000000308. The number of allylic oxidation sites excluding steroid dienone is 1. The van der Waals surface area contributed by atoms with E-state index in [2.05, 4.69) is 36.8 Å². The first-order valence-electron chi connectivity index (χ1n) is 11.4. The molecule has 1 amide bonds. The number of nitrogen functional groups attached to an aromatic ring is 1. The number of hydrogen-bond donors (Lipinski definition) is 2. The number of aryl methyl sites for hydroxylation is 1. The Labute approximate surface area is 203 Å². The van der Waals surface area contributed by atoms with Crippen LogP contribution < -0.4 is 11.1 Å². The third kappa shape index (κ3) is 4.64. The SMILES string of the molecule is C=C1C(=O)Nc2cc(F)c(-c3ccc(-c4cccc(C)c4N)cc3)c(F)c21.CCC1=NCC(C)=C1. The Morgan fingerprint density at radius 1 is 1.06 bits per heavy atom. The Kier molecular flexibility index (Phi) is 6.65. The number of fused-ring (bicyclic) bond motifs is 1. The molecule has 4 nitrogen and oxygen atoms in total. The molecule has 2 heterocycles. The quantitative estimate of drug-likeness (QED) is 0.321. The van der Waals surface area contributed by atoms with Gasteiger partial charge in [-0.3, -0.25) is 9.79 Å². The van der Waals surface area contributed by atoms with E-state index in [4.69, 9.17) is 5.73 Å². The van der Waals surface area contributed by atoms with E-state index in [0.29, 0.717) is 11.3 Å². The Hall–Kier alpha value is -4.06. The van der Waals surface area contributed by atoms with E-state index < -0.39 is 17.5 Å². The summed E-state index contributed by atoms with van der Waals surface area (Å²) in [7, 11) is 0. The van der Waals surface area contributed by atoms with Crippen LogP contribution in [0.25, 0.3) is 27.8 Å². The number of hydrogen-bond acceptors (Lipinski definition) is 3. The first-order chi connectivity index (χ1) is 16.7. The number of para-hydroxylation sites is 1. The van der Waals surface area contributed by atoms with Gasteiger partial charge in [0.25, 0.3) is 5.91 Å². The number of nitrogens with one attached hydrogen (secondary N) is 1. The Morgan fingerprint density at radius 2 is 1.74 bits per heavy atom. The van der Waals surface area contributed by atoms with E-state index in [1.54, 1.807) is 24.3 Å². The summed E-state index contributed by atoms with van der Waals surface area (Å²) in [4.78, 5) is 16.0. The zero-order valence-electron chi connectivity index (χ0n) is 20.0. The number of rotatable bonds is 3. The second-order valence-electron chi connectivity index (χ2n) is 8.67. The number of carbonyl (C=O) groups is 1. The van der Waals surface area contributed by atoms with E-state index in [1.807, 2.05) is 25.1 Å². The predicted molar refractivity (Wildman–Crippen MR) is 140 cm³/mol. The van der Waals surface area contributed by atoms with Crippen LogP contribution in [0.3, 0.4) is 0 Å². The number of benzene rings is 3. The maximum absolute atomic E-state index is 15.0. The molecule has 0 radical (unpaired) electrons. The van der Waals surface area contributed by atoms with E-state index in [-0.39, 0.29) is 22.4 Å². The summed E-state index contributed by atoms with van der Waals surface area (Å²) >= 11 is 0. The normalized spacial score (nSPS) is 14.1. The number of nitrogens with two attached hydrogens (primary N) is 1. The fourth-order valence-corrected chi connectivity index (χ4v) is 4.15. The zero-order chi connectivity index (χ0) is 25.3. The third-order valence-corrected chi connectivity index (χ3v) is 6.16. The number of carbonyl (C=O) groups excluding carboxylic acids is 1. The second-order valence-corrected chi connectivity index (χ2v) is 8.67. The maximum atomic E-state index is 15.0. The molecule has 3 aromatic rings. The monoisotopic (exact) mass is 471 g/mol. The average Bonchev–Trinajstić information content (AvgIpc) is 3.38. The lowest BCUT2D eigenvalue weighted by Crippen LogP contribution is -2.02. The summed E-state index contributed by atoms with van der Waals surface area (Å²) < 4.78 is 29.5. The van der Waals surface area contributed by atoms with Crippen molar-refractivity contribution in [2.24, 2.45) is 4.99 Å². The van der Waals surface area contributed by atoms with E-state index in [0.717, 1.165) is 35.7 Å². The van der Waals surface area contributed by atoms with Crippen molar-refractivity contribution in [3.8, 4) is 22.3 Å². The minimum Gasteiger partial charge on any atom is -0.398 e. The highest BCUT2D eigenvalue weighted by Gasteiger charge is 2.30. The van der Waals surface area contributed by atoms with Crippen LogP contribution in [0.4, 0.5) is 20.2 Å². The standard InChI is InChI=1S/C22H16F2N2O.C7H11N/c1-11-4-3-5-15(21(11)25)13-6-8-14(9-7-13)19-16(23)10-17-18(20(19)24)12(2)22(27)26-17;1-3-7-4-6(2)5-8-7/h3-10H,2,25H2,1H3,(H,26,27);4H,3,5H2,1-2H3. The average molecular weight is 472 g/mol. The largest absolute Gasteiger partial charge is 0.398 e. The van der Waals surface area contributed by atoms with Crippen molar-refractivity contribution in [3.05, 3.63) is 89.5 Å². The summed E-state index contributed by atoms with van der Waals surface area (Å²) in [6.45, 7) is 10.7. The van der Waals surface area contributed by atoms with Gasteiger partial charge in [-0.05, 0) is 49.1 Å². The molecule has 6 heteroatoms. The molecule has 5 rings (SSSR count). The zero-order valence-corrected chi connectivity index (χ0v) is 20.0. The molecule has 178 valence electrons.